The third kappa shape index (κ3) is 2.49. The summed E-state index contributed by atoms with van der Waals surface area (Å²) in [5, 5.41) is 9.75. The summed E-state index contributed by atoms with van der Waals surface area (Å²) in [5.74, 6) is -1.53. The summed E-state index contributed by atoms with van der Waals surface area (Å²) in [4.78, 5) is 17.7. The van der Waals surface area contributed by atoms with Crippen LogP contribution in [0.1, 0.15) is 52.4 Å². The highest BCUT2D eigenvalue weighted by Gasteiger charge is 2.46. The lowest BCUT2D eigenvalue weighted by Gasteiger charge is -2.37. The Bertz CT molecular complexity index is 738. The standard InChI is InChI=1S/C19H20O4/c1-3-4-11-22-19(23-21)16-8-6-5-7-14(16)18(20)15-12-13(2)9-10-17(15)19/h5-10,12,21H,3-4,11H2,1-2H3. The minimum atomic E-state index is -1.46. The van der Waals surface area contributed by atoms with Crippen LogP contribution in [0.15, 0.2) is 42.5 Å². The summed E-state index contributed by atoms with van der Waals surface area (Å²) >= 11 is 0. The van der Waals surface area contributed by atoms with Gasteiger partial charge in [0.05, 0.1) is 6.61 Å². The summed E-state index contributed by atoms with van der Waals surface area (Å²) in [6.45, 7) is 4.41. The zero-order valence-electron chi connectivity index (χ0n) is 13.3. The van der Waals surface area contributed by atoms with Gasteiger partial charge in [0.25, 0.3) is 5.79 Å². The normalized spacial score (nSPS) is 19.3. The van der Waals surface area contributed by atoms with Gasteiger partial charge >= 0.3 is 0 Å². The molecule has 2 aromatic carbocycles. The van der Waals surface area contributed by atoms with Crippen molar-refractivity contribution in [3.05, 3.63) is 70.3 Å². The summed E-state index contributed by atoms with van der Waals surface area (Å²) < 4.78 is 5.98. The third-order valence-corrected chi connectivity index (χ3v) is 4.23. The van der Waals surface area contributed by atoms with Crippen molar-refractivity contribution in [2.45, 2.75) is 32.5 Å². The van der Waals surface area contributed by atoms with E-state index in [0.717, 1.165) is 18.4 Å². The molecule has 0 bridgehead atoms. The van der Waals surface area contributed by atoms with Crippen LogP contribution in [-0.4, -0.2) is 17.6 Å². The van der Waals surface area contributed by atoms with Gasteiger partial charge in [-0.2, -0.15) is 4.89 Å². The average molecular weight is 312 g/mol. The molecule has 120 valence electrons. The molecule has 0 fully saturated rings. The van der Waals surface area contributed by atoms with Crippen molar-refractivity contribution in [1.29, 1.82) is 0 Å². The fourth-order valence-corrected chi connectivity index (χ4v) is 3.03. The summed E-state index contributed by atoms with van der Waals surface area (Å²) in [7, 11) is 0. The number of benzene rings is 2. The molecule has 0 radical (unpaired) electrons. The van der Waals surface area contributed by atoms with E-state index in [9.17, 15) is 10.1 Å². The molecule has 0 aliphatic heterocycles. The molecule has 1 atom stereocenters. The highest BCUT2D eigenvalue weighted by Crippen LogP contribution is 2.43. The molecule has 1 unspecified atom stereocenters. The van der Waals surface area contributed by atoms with E-state index in [1.54, 1.807) is 24.3 Å². The molecular weight excluding hydrogens is 292 g/mol. The van der Waals surface area contributed by atoms with Crippen molar-refractivity contribution < 1.29 is 19.7 Å². The van der Waals surface area contributed by atoms with Crippen LogP contribution >= 0.6 is 0 Å². The SMILES string of the molecule is CCCCOC1(OO)c2ccccc2C(=O)c2cc(C)ccc21. The molecule has 4 heteroatoms. The highest BCUT2D eigenvalue weighted by molar-refractivity contribution is 6.13. The van der Waals surface area contributed by atoms with E-state index in [4.69, 9.17) is 9.62 Å². The van der Waals surface area contributed by atoms with Crippen molar-refractivity contribution in [3.8, 4) is 0 Å². The van der Waals surface area contributed by atoms with Gasteiger partial charge in [-0.3, -0.25) is 4.79 Å². The molecule has 0 spiro atoms. The molecule has 23 heavy (non-hydrogen) atoms. The first-order chi connectivity index (χ1) is 11.1. The smallest absolute Gasteiger partial charge is 0.255 e. The zero-order chi connectivity index (χ0) is 16.4. The van der Waals surface area contributed by atoms with E-state index in [0.29, 0.717) is 28.9 Å². The topological polar surface area (TPSA) is 55.8 Å². The second kappa shape index (κ2) is 6.24. The predicted octanol–water partition coefficient (Wildman–Crippen LogP) is 4.05. The van der Waals surface area contributed by atoms with E-state index in [1.807, 2.05) is 25.1 Å². The highest BCUT2D eigenvalue weighted by atomic mass is 17.1. The maximum atomic E-state index is 12.8. The number of hydrogen-bond donors (Lipinski definition) is 1. The Morgan fingerprint density at radius 3 is 2.57 bits per heavy atom. The van der Waals surface area contributed by atoms with E-state index in [2.05, 4.69) is 6.92 Å². The third-order valence-electron chi connectivity index (χ3n) is 4.23. The van der Waals surface area contributed by atoms with Crippen LogP contribution in [0.2, 0.25) is 0 Å². The van der Waals surface area contributed by atoms with Crippen LogP contribution in [0.3, 0.4) is 0 Å². The number of ketones is 1. The van der Waals surface area contributed by atoms with Crippen LogP contribution in [0.4, 0.5) is 0 Å². The van der Waals surface area contributed by atoms with Crippen LogP contribution in [0.5, 0.6) is 0 Å². The maximum absolute atomic E-state index is 12.8. The number of unbranched alkanes of at least 4 members (excludes halogenated alkanes) is 1. The molecule has 1 aliphatic rings. The van der Waals surface area contributed by atoms with Gasteiger partial charge in [0.2, 0.25) is 0 Å². The quantitative estimate of drug-likeness (QED) is 0.392. The first-order valence-electron chi connectivity index (χ1n) is 7.86. The second-order valence-corrected chi connectivity index (χ2v) is 5.83. The van der Waals surface area contributed by atoms with Crippen molar-refractivity contribution in [3.63, 3.8) is 0 Å². The number of fused-ring (bicyclic) bond motifs is 2. The number of carbonyl (C=O) groups excluding carboxylic acids is 1. The van der Waals surface area contributed by atoms with Gasteiger partial charge in [-0.1, -0.05) is 55.3 Å². The summed E-state index contributed by atoms with van der Waals surface area (Å²) in [5.41, 5.74) is 3.06. The van der Waals surface area contributed by atoms with Crippen molar-refractivity contribution in [2.75, 3.05) is 6.61 Å². The van der Waals surface area contributed by atoms with Gasteiger partial charge in [0.15, 0.2) is 5.78 Å². The number of aryl methyl sites for hydroxylation is 1. The number of ether oxygens (including phenoxy) is 1. The van der Waals surface area contributed by atoms with Crippen LogP contribution in [0, 0.1) is 6.92 Å². The van der Waals surface area contributed by atoms with Gasteiger partial charge in [0.1, 0.15) is 0 Å². The Morgan fingerprint density at radius 2 is 1.83 bits per heavy atom. The summed E-state index contributed by atoms with van der Waals surface area (Å²) in [6.07, 6.45) is 1.80. The van der Waals surface area contributed by atoms with Gasteiger partial charge in [0, 0.05) is 22.3 Å². The second-order valence-electron chi connectivity index (χ2n) is 5.83. The van der Waals surface area contributed by atoms with Gasteiger partial charge < -0.3 is 4.74 Å². The predicted molar refractivity (Wildman–Crippen MR) is 86.4 cm³/mol. The largest absolute Gasteiger partial charge is 0.340 e. The molecule has 4 nitrogen and oxygen atoms in total. The first-order valence-corrected chi connectivity index (χ1v) is 7.86. The zero-order valence-corrected chi connectivity index (χ0v) is 13.3. The Morgan fingerprint density at radius 1 is 1.09 bits per heavy atom. The van der Waals surface area contributed by atoms with Crippen LogP contribution < -0.4 is 0 Å². The van der Waals surface area contributed by atoms with Gasteiger partial charge in [-0.15, -0.1) is 0 Å². The molecule has 0 aromatic heterocycles. The summed E-state index contributed by atoms with van der Waals surface area (Å²) in [6, 6.07) is 12.6. The van der Waals surface area contributed by atoms with Crippen LogP contribution in [0.25, 0.3) is 0 Å². The number of carbonyl (C=O) groups is 1. The van der Waals surface area contributed by atoms with Crippen LogP contribution in [-0.2, 0) is 15.4 Å². The average Bonchev–Trinajstić information content (AvgIpc) is 2.58. The molecule has 3 rings (SSSR count). The first kappa shape index (κ1) is 15.9. The molecule has 0 amide bonds. The maximum Gasteiger partial charge on any atom is 0.255 e. The molecule has 0 saturated carbocycles. The van der Waals surface area contributed by atoms with Crippen molar-refractivity contribution in [2.24, 2.45) is 0 Å². The molecule has 1 N–H and O–H groups in total. The van der Waals surface area contributed by atoms with E-state index < -0.39 is 5.79 Å². The van der Waals surface area contributed by atoms with Crippen molar-refractivity contribution >= 4 is 5.78 Å². The number of rotatable bonds is 5. The minimum absolute atomic E-state index is 0.0777. The lowest BCUT2D eigenvalue weighted by molar-refractivity contribution is -0.396. The monoisotopic (exact) mass is 312 g/mol. The Hall–Kier alpha value is -2.01. The fourth-order valence-electron chi connectivity index (χ4n) is 3.03. The molecule has 1 aliphatic carbocycles. The Labute approximate surface area is 135 Å². The van der Waals surface area contributed by atoms with E-state index >= 15 is 0 Å². The Balaban J connectivity index is 2.22. The van der Waals surface area contributed by atoms with Gasteiger partial charge in [-0.25, -0.2) is 5.26 Å². The molecule has 2 aromatic rings. The fraction of sp³-hybridized carbons (Fsp3) is 0.316. The molecule has 0 heterocycles. The molecular formula is C19H20O4. The van der Waals surface area contributed by atoms with Gasteiger partial charge in [-0.05, 0) is 19.4 Å². The lowest BCUT2D eigenvalue weighted by atomic mass is 9.80. The number of hydrogen-bond acceptors (Lipinski definition) is 4. The molecule has 0 saturated heterocycles. The Kier molecular flexibility index (Phi) is 4.31. The van der Waals surface area contributed by atoms with Crippen molar-refractivity contribution in [1.82, 2.24) is 0 Å². The lowest BCUT2D eigenvalue weighted by Crippen LogP contribution is -2.40. The minimum Gasteiger partial charge on any atom is -0.340 e. The van der Waals surface area contributed by atoms with E-state index in [1.165, 1.54) is 0 Å². The van der Waals surface area contributed by atoms with E-state index in [-0.39, 0.29) is 5.78 Å².